The molecule has 2 N–H and O–H groups in total. The zero-order chi connectivity index (χ0) is 18.5. The summed E-state index contributed by atoms with van der Waals surface area (Å²) in [5.41, 5.74) is 1.19. The van der Waals surface area contributed by atoms with Gasteiger partial charge in [0.05, 0.1) is 13.2 Å². The summed E-state index contributed by atoms with van der Waals surface area (Å²) in [4.78, 5) is 6.65. The first-order valence-corrected chi connectivity index (χ1v) is 9.78. The monoisotopic (exact) mass is 490 g/mol. The van der Waals surface area contributed by atoms with Crippen LogP contribution >= 0.6 is 24.0 Å². The summed E-state index contributed by atoms with van der Waals surface area (Å²) in [6, 6.07) is 8.25. The van der Waals surface area contributed by atoms with Crippen molar-refractivity contribution in [2.75, 3.05) is 53.0 Å². The number of morpholine rings is 1. The van der Waals surface area contributed by atoms with Crippen LogP contribution in [0.5, 0.6) is 5.75 Å². The molecule has 0 aliphatic carbocycles. The largest absolute Gasteiger partial charge is 0.492 e. The van der Waals surface area contributed by atoms with Crippen LogP contribution in [0.4, 0.5) is 0 Å². The summed E-state index contributed by atoms with van der Waals surface area (Å²) in [5, 5.41) is 6.71. The molecule has 0 radical (unpaired) electrons. The van der Waals surface area contributed by atoms with Crippen molar-refractivity contribution in [1.29, 1.82) is 0 Å². The van der Waals surface area contributed by atoms with Crippen LogP contribution in [0.25, 0.3) is 0 Å². The van der Waals surface area contributed by atoms with Gasteiger partial charge >= 0.3 is 0 Å². The Kier molecular flexibility index (Phi) is 13.3. The standard InChI is InChI=1S/C20H34N4O2.HI/c1-3-4-5-9-22-20(21-2)23-17-18-7-6-8-19(16-18)26-15-12-24-10-13-25-14-11-24;/h6-8,16H,3-5,9-15,17H2,1-2H3,(H2,21,22,23);1H. The lowest BCUT2D eigenvalue weighted by Gasteiger charge is -2.26. The Hall–Kier alpha value is -1.06. The third-order valence-corrected chi connectivity index (χ3v) is 4.43. The number of ether oxygens (including phenoxy) is 2. The van der Waals surface area contributed by atoms with Gasteiger partial charge in [-0.15, -0.1) is 24.0 Å². The van der Waals surface area contributed by atoms with Crippen LogP contribution in [-0.4, -0.2) is 63.9 Å². The normalized spacial score (nSPS) is 15.1. The molecule has 1 saturated heterocycles. The van der Waals surface area contributed by atoms with Gasteiger partial charge in [-0.2, -0.15) is 0 Å². The number of rotatable bonds is 10. The minimum Gasteiger partial charge on any atom is -0.492 e. The van der Waals surface area contributed by atoms with Gasteiger partial charge in [0, 0.05) is 39.8 Å². The summed E-state index contributed by atoms with van der Waals surface area (Å²) in [6.45, 7) is 9.20. The van der Waals surface area contributed by atoms with Crippen molar-refractivity contribution in [3.05, 3.63) is 29.8 Å². The lowest BCUT2D eigenvalue weighted by Crippen LogP contribution is -2.38. The molecule has 1 aromatic carbocycles. The molecule has 6 nitrogen and oxygen atoms in total. The van der Waals surface area contributed by atoms with Crippen molar-refractivity contribution in [2.24, 2.45) is 4.99 Å². The molecule has 2 rings (SSSR count). The Labute approximate surface area is 181 Å². The molecule has 0 bridgehead atoms. The minimum absolute atomic E-state index is 0. The van der Waals surface area contributed by atoms with Crippen molar-refractivity contribution in [1.82, 2.24) is 15.5 Å². The molecular weight excluding hydrogens is 455 g/mol. The Morgan fingerprint density at radius 1 is 1.22 bits per heavy atom. The third-order valence-electron chi connectivity index (χ3n) is 4.43. The predicted molar refractivity (Wildman–Crippen MR) is 122 cm³/mol. The molecule has 27 heavy (non-hydrogen) atoms. The molecular formula is C20H35IN4O2. The van der Waals surface area contributed by atoms with E-state index in [-0.39, 0.29) is 24.0 Å². The van der Waals surface area contributed by atoms with Crippen molar-refractivity contribution in [3.8, 4) is 5.75 Å². The highest BCUT2D eigenvalue weighted by molar-refractivity contribution is 14.0. The van der Waals surface area contributed by atoms with Crippen LogP contribution in [0, 0.1) is 0 Å². The lowest BCUT2D eigenvalue weighted by molar-refractivity contribution is 0.0322. The quantitative estimate of drug-likeness (QED) is 0.229. The Morgan fingerprint density at radius 3 is 2.78 bits per heavy atom. The number of halogens is 1. The number of benzene rings is 1. The minimum atomic E-state index is 0. The molecule has 0 unspecified atom stereocenters. The van der Waals surface area contributed by atoms with Gasteiger partial charge in [-0.25, -0.2) is 0 Å². The molecule has 1 aromatic rings. The fourth-order valence-corrected chi connectivity index (χ4v) is 2.85. The molecule has 1 fully saturated rings. The predicted octanol–water partition coefficient (Wildman–Crippen LogP) is 2.87. The molecule has 0 spiro atoms. The zero-order valence-corrected chi connectivity index (χ0v) is 19.0. The van der Waals surface area contributed by atoms with E-state index in [9.17, 15) is 0 Å². The molecule has 7 heteroatoms. The second kappa shape index (κ2) is 14.9. The maximum absolute atomic E-state index is 5.92. The number of nitrogens with one attached hydrogen (secondary N) is 2. The van der Waals surface area contributed by atoms with Crippen LogP contribution in [0.1, 0.15) is 31.7 Å². The van der Waals surface area contributed by atoms with Crippen molar-refractivity contribution in [3.63, 3.8) is 0 Å². The number of hydrogen-bond acceptors (Lipinski definition) is 4. The molecule has 154 valence electrons. The third kappa shape index (κ3) is 10.2. The molecule has 0 aromatic heterocycles. The van der Waals surface area contributed by atoms with Gasteiger partial charge in [0.25, 0.3) is 0 Å². The first kappa shape index (κ1) is 24.0. The molecule has 0 amide bonds. The van der Waals surface area contributed by atoms with Gasteiger partial charge in [-0.05, 0) is 24.1 Å². The van der Waals surface area contributed by atoms with Crippen LogP contribution in [0.3, 0.4) is 0 Å². The topological polar surface area (TPSA) is 58.1 Å². The first-order valence-electron chi connectivity index (χ1n) is 9.78. The van der Waals surface area contributed by atoms with Gasteiger partial charge in [0.1, 0.15) is 12.4 Å². The number of unbranched alkanes of at least 4 members (excludes halogenated alkanes) is 2. The van der Waals surface area contributed by atoms with Crippen LogP contribution < -0.4 is 15.4 Å². The highest BCUT2D eigenvalue weighted by atomic mass is 127. The Bertz CT molecular complexity index is 536. The number of nitrogens with zero attached hydrogens (tertiary/aromatic N) is 2. The fraction of sp³-hybridized carbons (Fsp3) is 0.650. The van der Waals surface area contributed by atoms with Crippen LogP contribution in [-0.2, 0) is 11.3 Å². The highest BCUT2D eigenvalue weighted by Crippen LogP contribution is 2.13. The summed E-state index contributed by atoms with van der Waals surface area (Å²) in [6.07, 6.45) is 3.64. The zero-order valence-electron chi connectivity index (χ0n) is 16.7. The molecule has 0 saturated carbocycles. The van der Waals surface area contributed by atoms with Gasteiger partial charge in [0.15, 0.2) is 5.96 Å². The molecule has 1 aliphatic rings. The summed E-state index contributed by atoms with van der Waals surface area (Å²) in [7, 11) is 1.81. The van der Waals surface area contributed by atoms with E-state index in [1.54, 1.807) is 7.05 Å². The maximum Gasteiger partial charge on any atom is 0.191 e. The smallest absolute Gasteiger partial charge is 0.191 e. The maximum atomic E-state index is 5.92. The van der Waals surface area contributed by atoms with E-state index in [4.69, 9.17) is 9.47 Å². The van der Waals surface area contributed by atoms with Crippen molar-refractivity contribution < 1.29 is 9.47 Å². The molecule has 1 heterocycles. The number of aliphatic imine (C=N–C) groups is 1. The SMILES string of the molecule is CCCCCNC(=NC)NCc1cccc(OCCN2CCOCC2)c1.I. The average Bonchev–Trinajstić information content (AvgIpc) is 2.69. The second-order valence-corrected chi connectivity index (χ2v) is 6.51. The Morgan fingerprint density at radius 2 is 2.04 bits per heavy atom. The van der Waals surface area contributed by atoms with Gasteiger partial charge in [-0.3, -0.25) is 9.89 Å². The van der Waals surface area contributed by atoms with Crippen LogP contribution in [0.15, 0.2) is 29.3 Å². The van der Waals surface area contributed by atoms with Gasteiger partial charge in [0.2, 0.25) is 0 Å². The van der Waals surface area contributed by atoms with Crippen molar-refractivity contribution in [2.45, 2.75) is 32.7 Å². The number of guanidine groups is 1. The van der Waals surface area contributed by atoms with E-state index < -0.39 is 0 Å². The molecule has 1 aliphatic heterocycles. The van der Waals surface area contributed by atoms with E-state index in [0.29, 0.717) is 6.61 Å². The summed E-state index contributed by atoms with van der Waals surface area (Å²) >= 11 is 0. The number of hydrogen-bond donors (Lipinski definition) is 2. The lowest BCUT2D eigenvalue weighted by atomic mass is 10.2. The molecule has 0 atom stereocenters. The second-order valence-electron chi connectivity index (χ2n) is 6.51. The average molecular weight is 490 g/mol. The van der Waals surface area contributed by atoms with Gasteiger partial charge < -0.3 is 20.1 Å². The first-order chi connectivity index (χ1) is 12.8. The highest BCUT2D eigenvalue weighted by Gasteiger charge is 2.09. The summed E-state index contributed by atoms with van der Waals surface area (Å²) < 4.78 is 11.3. The fourth-order valence-electron chi connectivity index (χ4n) is 2.85. The van der Waals surface area contributed by atoms with E-state index in [2.05, 4.69) is 39.6 Å². The Balaban J connectivity index is 0.00000364. The van der Waals surface area contributed by atoms with Crippen molar-refractivity contribution >= 4 is 29.9 Å². The van der Waals surface area contributed by atoms with E-state index in [0.717, 1.165) is 57.6 Å². The van der Waals surface area contributed by atoms with E-state index in [1.807, 2.05) is 12.1 Å². The van der Waals surface area contributed by atoms with E-state index >= 15 is 0 Å². The van der Waals surface area contributed by atoms with Gasteiger partial charge in [-0.1, -0.05) is 31.9 Å². The summed E-state index contributed by atoms with van der Waals surface area (Å²) in [5.74, 6) is 1.77. The van der Waals surface area contributed by atoms with E-state index in [1.165, 1.54) is 24.8 Å². The van der Waals surface area contributed by atoms with Crippen LogP contribution in [0.2, 0.25) is 0 Å².